The van der Waals surface area contributed by atoms with Gasteiger partial charge in [0.1, 0.15) is 5.75 Å². The molecule has 3 rings (SSSR count). The molecule has 0 aromatic heterocycles. The number of nitro groups is 1. The predicted octanol–water partition coefficient (Wildman–Crippen LogP) is 6.74. The molecule has 0 bridgehead atoms. The zero-order valence-electron chi connectivity index (χ0n) is 20.6. The second kappa shape index (κ2) is 9.29. The lowest BCUT2D eigenvalue weighted by Gasteiger charge is -2.29. The van der Waals surface area contributed by atoms with E-state index in [0.717, 1.165) is 5.56 Å². The molecule has 0 aliphatic carbocycles. The van der Waals surface area contributed by atoms with Crippen LogP contribution in [0, 0.1) is 10.1 Å². The molecule has 3 aromatic rings. The first-order valence-electron chi connectivity index (χ1n) is 11.3. The summed E-state index contributed by atoms with van der Waals surface area (Å²) in [4.78, 5) is 26.2. The van der Waals surface area contributed by atoms with Gasteiger partial charge < -0.3 is 10.0 Å². The Kier molecular flexibility index (Phi) is 6.82. The van der Waals surface area contributed by atoms with Crippen LogP contribution in [0.15, 0.2) is 66.7 Å². The first kappa shape index (κ1) is 25.0. The molecule has 6 heteroatoms. The lowest BCUT2D eigenvalue weighted by Crippen LogP contribution is -2.31. The monoisotopic (exact) mass is 460 g/mol. The van der Waals surface area contributed by atoms with Crippen LogP contribution in [0.25, 0.3) is 0 Å². The minimum absolute atomic E-state index is 0.00418. The normalized spacial score (nSPS) is 11.8. The molecule has 0 aliphatic heterocycles. The summed E-state index contributed by atoms with van der Waals surface area (Å²) in [6.45, 7) is 12.3. The third-order valence-corrected chi connectivity index (χ3v) is 5.77. The molecule has 0 unspecified atom stereocenters. The number of carbonyl (C=O) groups excluding carboxylic acids is 1. The average molecular weight is 461 g/mol. The molecular formula is C28H32N2O4. The molecule has 6 nitrogen and oxygen atoms in total. The number of non-ortho nitro benzene ring substituents is 1. The second-order valence-corrected chi connectivity index (χ2v) is 10.6. The van der Waals surface area contributed by atoms with Crippen LogP contribution >= 0.6 is 0 Å². The van der Waals surface area contributed by atoms with Gasteiger partial charge in [-0.3, -0.25) is 14.9 Å². The molecule has 0 atom stereocenters. The maximum Gasteiger partial charge on any atom is 0.269 e. The van der Waals surface area contributed by atoms with Gasteiger partial charge in [-0.15, -0.1) is 0 Å². The number of nitrogens with zero attached hydrogens (tertiary/aromatic N) is 2. The number of aromatic hydroxyl groups is 1. The summed E-state index contributed by atoms with van der Waals surface area (Å²) in [5.74, 6) is 0.0127. The Balaban J connectivity index is 2.12. The number of anilines is 1. The summed E-state index contributed by atoms with van der Waals surface area (Å²) in [7, 11) is 0. The fraction of sp³-hybridized carbons (Fsp3) is 0.321. The number of hydrogen-bond donors (Lipinski definition) is 1. The van der Waals surface area contributed by atoms with Crippen molar-refractivity contribution < 1.29 is 14.8 Å². The molecule has 0 aliphatic rings. The number of amides is 1. The van der Waals surface area contributed by atoms with Crippen LogP contribution in [0.4, 0.5) is 11.4 Å². The fourth-order valence-electron chi connectivity index (χ4n) is 3.85. The molecule has 1 N–H and O–H groups in total. The van der Waals surface area contributed by atoms with E-state index in [1.807, 2.05) is 71.9 Å². The number of benzene rings is 3. The molecule has 0 fully saturated rings. The smallest absolute Gasteiger partial charge is 0.269 e. The van der Waals surface area contributed by atoms with Crippen molar-refractivity contribution in [2.75, 3.05) is 4.90 Å². The fourth-order valence-corrected chi connectivity index (χ4v) is 3.85. The van der Waals surface area contributed by atoms with Crippen molar-refractivity contribution >= 4 is 17.3 Å². The van der Waals surface area contributed by atoms with Gasteiger partial charge in [0.05, 0.1) is 11.5 Å². The highest BCUT2D eigenvalue weighted by atomic mass is 16.6. The minimum Gasteiger partial charge on any atom is -0.507 e. The van der Waals surface area contributed by atoms with Crippen LogP contribution in [0.2, 0.25) is 0 Å². The number of rotatable bonds is 5. The molecule has 0 radical (unpaired) electrons. The summed E-state index contributed by atoms with van der Waals surface area (Å²) in [6, 6.07) is 19.1. The SMILES string of the molecule is CC(C)(C)c1cc(C(=O)N(Cc2ccc([N+](=O)[O-])cc2)c2ccccc2)cc(C(C)(C)C)c1O. The van der Waals surface area contributed by atoms with E-state index < -0.39 is 4.92 Å². The molecule has 34 heavy (non-hydrogen) atoms. The lowest BCUT2D eigenvalue weighted by molar-refractivity contribution is -0.384. The summed E-state index contributed by atoms with van der Waals surface area (Å²) in [6.07, 6.45) is 0. The Morgan fingerprint density at radius 1 is 0.882 bits per heavy atom. The highest BCUT2D eigenvalue weighted by Crippen LogP contribution is 2.40. The Bertz CT molecular complexity index is 1150. The molecule has 0 saturated carbocycles. The largest absolute Gasteiger partial charge is 0.507 e. The predicted molar refractivity (Wildman–Crippen MR) is 136 cm³/mol. The molecule has 0 saturated heterocycles. The van der Waals surface area contributed by atoms with Gasteiger partial charge in [0, 0.05) is 34.5 Å². The molecule has 1 amide bonds. The van der Waals surface area contributed by atoms with Crippen molar-refractivity contribution in [3.8, 4) is 5.75 Å². The van der Waals surface area contributed by atoms with Crippen molar-refractivity contribution in [3.63, 3.8) is 0 Å². The maximum atomic E-state index is 13.9. The van der Waals surface area contributed by atoms with Crippen molar-refractivity contribution in [1.82, 2.24) is 0 Å². The van der Waals surface area contributed by atoms with Crippen molar-refractivity contribution in [2.24, 2.45) is 0 Å². The second-order valence-electron chi connectivity index (χ2n) is 10.6. The molecule has 0 heterocycles. The summed E-state index contributed by atoms with van der Waals surface area (Å²) >= 11 is 0. The topological polar surface area (TPSA) is 83.7 Å². The number of phenolic OH excluding ortho intramolecular Hbond substituents is 1. The summed E-state index contributed by atoms with van der Waals surface area (Å²) < 4.78 is 0. The lowest BCUT2D eigenvalue weighted by atomic mass is 9.78. The molecule has 0 spiro atoms. The van der Waals surface area contributed by atoms with Crippen LogP contribution in [-0.4, -0.2) is 15.9 Å². The molecular weight excluding hydrogens is 428 g/mol. The van der Waals surface area contributed by atoms with Gasteiger partial charge in [0.15, 0.2) is 0 Å². The van der Waals surface area contributed by atoms with Gasteiger partial charge in [-0.1, -0.05) is 71.9 Å². The van der Waals surface area contributed by atoms with Crippen LogP contribution in [-0.2, 0) is 17.4 Å². The van der Waals surface area contributed by atoms with Gasteiger partial charge in [-0.05, 0) is 40.7 Å². The number of hydrogen-bond acceptors (Lipinski definition) is 4. The Morgan fingerprint density at radius 2 is 1.38 bits per heavy atom. The van der Waals surface area contributed by atoms with Gasteiger partial charge in [0.2, 0.25) is 0 Å². The van der Waals surface area contributed by atoms with E-state index in [2.05, 4.69) is 0 Å². The van der Waals surface area contributed by atoms with Crippen LogP contribution < -0.4 is 4.90 Å². The third-order valence-electron chi connectivity index (χ3n) is 5.77. The van der Waals surface area contributed by atoms with Crippen LogP contribution in [0.3, 0.4) is 0 Å². The molecule has 178 valence electrons. The van der Waals surface area contributed by atoms with E-state index in [1.165, 1.54) is 12.1 Å². The first-order chi connectivity index (χ1) is 15.8. The zero-order chi connectivity index (χ0) is 25.3. The highest BCUT2D eigenvalue weighted by Gasteiger charge is 2.29. The minimum atomic E-state index is -0.442. The Hall–Kier alpha value is -3.67. The molecule has 3 aromatic carbocycles. The summed E-state index contributed by atoms with van der Waals surface area (Å²) in [5.41, 5.74) is 2.68. The van der Waals surface area contributed by atoms with E-state index >= 15 is 0 Å². The van der Waals surface area contributed by atoms with E-state index in [0.29, 0.717) is 22.4 Å². The quantitative estimate of drug-likeness (QED) is 0.337. The zero-order valence-corrected chi connectivity index (χ0v) is 20.6. The Labute approximate surface area is 201 Å². The number of para-hydroxylation sites is 1. The number of nitro benzene ring substituents is 1. The standard InChI is InChI=1S/C28H32N2O4/c1-27(2,3)23-16-20(17-24(25(23)31)28(4,5)6)26(32)29(21-10-8-7-9-11-21)18-19-12-14-22(15-13-19)30(33)34/h7-17,31H,18H2,1-6H3. The first-order valence-corrected chi connectivity index (χ1v) is 11.3. The van der Waals surface area contributed by atoms with Gasteiger partial charge in [0.25, 0.3) is 11.6 Å². The summed E-state index contributed by atoms with van der Waals surface area (Å²) in [5, 5.41) is 22.1. The Morgan fingerprint density at radius 3 is 1.82 bits per heavy atom. The van der Waals surface area contributed by atoms with E-state index in [1.54, 1.807) is 29.2 Å². The van der Waals surface area contributed by atoms with E-state index in [9.17, 15) is 20.0 Å². The average Bonchev–Trinajstić information content (AvgIpc) is 2.76. The van der Waals surface area contributed by atoms with Gasteiger partial charge >= 0.3 is 0 Å². The van der Waals surface area contributed by atoms with E-state index in [-0.39, 0.29) is 34.7 Å². The number of carbonyl (C=O) groups is 1. The number of phenols is 1. The van der Waals surface area contributed by atoms with E-state index in [4.69, 9.17) is 0 Å². The maximum absolute atomic E-state index is 13.9. The third kappa shape index (κ3) is 5.45. The van der Waals surface area contributed by atoms with Gasteiger partial charge in [-0.2, -0.15) is 0 Å². The van der Waals surface area contributed by atoms with Crippen molar-refractivity contribution in [3.05, 3.63) is 99.1 Å². The van der Waals surface area contributed by atoms with Crippen molar-refractivity contribution in [1.29, 1.82) is 0 Å². The van der Waals surface area contributed by atoms with Crippen LogP contribution in [0.5, 0.6) is 5.75 Å². The van der Waals surface area contributed by atoms with Gasteiger partial charge in [-0.25, -0.2) is 0 Å². The van der Waals surface area contributed by atoms with Crippen molar-refractivity contribution in [2.45, 2.75) is 58.9 Å². The highest BCUT2D eigenvalue weighted by molar-refractivity contribution is 6.06. The van der Waals surface area contributed by atoms with Crippen LogP contribution in [0.1, 0.15) is 68.6 Å².